The van der Waals surface area contributed by atoms with Crippen LogP contribution in [0.25, 0.3) is 0 Å². The molecular formula is C12H16N2O4. The van der Waals surface area contributed by atoms with Gasteiger partial charge in [0.05, 0.1) is 0 Å². The molecule has 1 aromatic rings. The van der Waals surface area contributed by atoms with Crippen molar-refractivity contribution in [2.24, 2.45) is 0 Å². The molecule has 0 atom stereocenters. The number of nitrogens with one attached hydrogen (secondary N) is 1. The van der Waals surface area contributed by atoms with E-state index < -0.39 is 6.09 Å². The van der Waals surface area contributed by atoms with Gasteiger partial charge in [-0.15, -0.1) is 0 Å². The number of aromatic nitrogens is 1. The number of hydrogen-bond acceptors (Lipinski definition) is 3. The maximum absolute atomic E-state index is 11.2. The monoisotopic (exact) mass is 252 g/mol. The largest absolute Gasteiger partial charge is 0.490 e. The standard InChI is InChI=1S/C12H16N2O4/c1-8-7-13-11(15)6-10(8)18-9-2-4-14(5-3-9)12(16)17/h6-7,9H,2-5H2,1H3,(H,13,15)(H,16,17). The SMILES string of the molecule is Cc1c[nH]c(=O)cc1OC1CCN(C(=O)O)CC1. The van der Waals surface area contributed by atoms with Crippen molar-refractivity contribution in [3.63, 3.8) is 0 Å². The van der Waals surface area contributed by atoms with E-state index in [0.717, 1.165) is 5.56 Å². The molecule has 1 saturated heterocycles. The average molecular weight is 252 g/mol. The summed E-state index contributed by atoms with van der Waals surface area (Å²) in [5.41, 5.74) is 0.675. The zero-order valence-corrected chi connectivity index (χ0v) is 10.2. The van der Waals surface area contributed by atoms with E-state index in [1.165, 1.54) is 11.0 Å². The zero-order chi connectivity index (χ0) is 13.1. The van der Waals surface area contributed by atoms with E-state index in [1.54, 1.807) is 6.20 Å². The van der Waals surface area contributed by atoms with E-state index in [1.807, 2.05) is 6.92 Å². The predicted molar refractivity (Wildman–Crippen MR) is 65.0 cm³/mol. The molecule has 0 radical (unpaired) electrons. The minimum atomic E-state index is -0.888. The summed E-state index contributed by atoms with van der Waals surface area (Å²) in [6, 6.07) is 1.43. The van der Waals surface area contributed by atoms with Crippen LogP contribution in [0.5, 0.6) is 5.75 Å². The molecule has 6 heteroatoms. The number of likely N-dealkylation sites (tertiary alicyclic amines) is 1. The van der Waals surface area contributed by atoms with Gasteiger partial charge in [0.15, 0.2) is 0 Å². The fourth-order valence-corrected chi connectivity index (χ4v) is 2.00. The Morgan fingerprint density at radius 3 is 2.78 bits per heavy atom. The van der Waals surface area contributed by atoms with Gasteiger partial charge in [-0.2, -0.15) is 0 Å². The number of H-pyrrole nitrogens is 1. The fraction of sp³-hybridized carbons (Fsp3) is 0.500. The van der Waals surface area contributed by atoms with Gasteiger partial charge in [0.1, 0.15) is 11.9 Å². The number of pyridine rings is 1. The summed E-state index contributed by atoms with van der Waals surface area (Å²) in [4.78, 5) is 25.9. The summed E-state index contributed by atoms with van der Waals surface area (Å²) in [7, 11) is 0. The number of amides is 1. The highest BCUT2D eigenvalue weighted by atomic mass is 16.5. The highest BCUT2D eigenvalue weighted by molar-refractivity contribution is 5.65. The molecule has 18 heavy (non-hydrogen) atoms. The normalized spacial score (nSPS) is 16.6. The van der Waals surface area contributed by atoms with Gasteiger partial charge in [0, 0.05) is 43.8 Å². The van der Waals surface area contributed by atoms with E-state index in [2.05, 4.69) is 4.98 Å². The minimum absolute atomic E-state index is 0.0268. The van der Waals surface area contributed by atoms with Gasteiger partial charge in [-0.3, -0.25) is 4.79 Å². The average Bonchev–Trinajstić information content (AvgIpc) is 2.34. The Hall–Kier alpha value is -1.98. The topological polar surface area (TPSA) is 82.6 Å². The number of hydrogen-bond donors (Lipinski definition) is 2. The summed E-state index contributed by atoms with van der Waals surface area (Å²) in [6.45, 7) is 2.81. The number of nitrogens with zero attached hydrogens (tertiary/aromatic N) is 1. The first-order valence-electron chi connectivity index (χ1n) is 5.90. The lowest BCUT2D eigenvalue weighted by atomic mass is 10.1. The summed E-state index contributed by atoms with van der Waals surface area (Å²) >= 11 is 0. The molecule has 0 unspecified atom stereocenters. The van der Waals surface area contributed by atoms with Gasteiger partial charge in [0.2, 0.25) is 0 Å². The van der Waals surface area contributed by atoms with E-state index in [4.69, 9.17) is 9.84 Å². The van der Waals surface area contributed by atoms with Gasteiger partial charge < -0.3 is 19.7 Å². The molecule has 2 N–H and O–H groups in total. The first kappa shape index (κ1) is 12.5. The van der Waals surface area contributed by atoms with Gasteiger partial charge in [-0.1, -0.05) is 0 Å². The number of piperidine rings is 1. The first-order valence-corrected chi connectivity index (χ1v) is 5.90. The van der Waals surface area contributed by atoms with Crippen LogP contribution >= 0.6 is 0 Å². The number of ether oxygens (including phenoxy) is 1. The van der Waals surface area contributed by atoms with Crippen LogP contribution in [0.3, 0.4) is 0 Å². The zero-order valence-electron chi connectivity index (χ0n) is 10.2. The van der Waals surface area contributed by atoms with Crippen molar-refractivity contribution in [3.8, 4) is 5.75 Å². The molecule has 1 aliphatic heterocycles. The van der Waals surface area contributed by atoms with Gasteiger partial charge >= 0.3 is 6.09 Å². The Balaban J connectivity index is 1.97. The molecule has 0 saturated carbocycles. The summed E-state index contributed by atoms with van der Waals surface area (Å²) < 4.78 is 5.76. The van der Waals surface area contributed by atoms with Gasteiger partial charge in [-0.05, 0) is 6.92 Å². The Morgan fingerprint density at radius 2 is 2.17 bits per heavy atom. The van der Waals surface area contributed by atoms with E-state index in [-0.39, 0.29) is 11.7 Å². The number of aryl methyl sites for hydroxylation is 1. The molecule has 6 nitrogen and oxygen atoms in total. The number of aromatic amines is 1. The van der Waals surface area contributed by atoms with E-state index in [9.17, 15) is 9.59 Å². The van der Waals surface area contributed by atoms with Crippen LogP contribution in [-0.4, -0.2) is 40.3 Å². The van der Waals surface area contributed by atoms with Gasteiger partial charge in [-0.25, -0.2) is 4.79 Å². The highest BCUT2D eigenvalue weighted by Crippen LogP contribution is 2.20. The predicted octanol–water partition coefficient (Wildman–Crippen LogP) is 1.20. The van der Waals surface area contributed by atoms with Crippen molar-refractivity contribution in [2.75, 3.05) is 13.1 Å². The summed E-state index contributed by atoms with van der Waals surface area (Å²) in [5, 5.41) is 8.83. The molecule has 0 aliphatic carbocycles. The van der Waals surface area contributed by atoms with Crippen LogP contribution in [0.15, 0.2) is 17.1 Å². The smallest absolute Gasteiger partial charge is 0.407 e. The Morgan fingerprint density at radius 1 is 1.50 bits per heavy atom. The van der Waals surface area contributed by atoms with E-state index in [0.29, 0.717) is 31.7 Å². The van der Waals surface area contributed by atoms with Gasteiger partial charge in [0.25, 0.3) is 5.56 Å². The lowest BCUT2D eigenvalue weighted by Gasteiger charge is -2.30. The third-order valence-electron chi connectivity index (χ3n) is 3.09. The molecular weight excluding hydrogens is 236 g/mol. The molecule has 2 heterocycles. The van der Waals surface area contributed by atoms with Crippen molar-refractivity contribution in [2.45, 2.75) is 25.9 Å². The maximum atomic E-state index is 11.2. The Kier molecular flexibility index (Phi) is 3.55. The van der Waals surface area contributed by atoms with Crippen molar-refractivity contribution in [3.05, 3.63) is 28.2 Å². The van der Waals surface area contributed by atoms with Crippen LogP contribution in [0.1, 0.15) is 18.4 Å². The summed E-state index contributed by atoms with van der Waals surface area (Å²) in [5.74, 6) is 0.576. The number of carboxylic acid groups (broad SMARTS) is 1. The van der Waals surface area contributed by atoms with Crippen LogP contribution in [0.4, 0.5) is 4.79 Å². The van der Waals surface area contributed by atoms with Crippen molar-refractivity contribution in [1.29, 1.82) is 0 Å². The third kappa shape index (κ3) is 2.82. The lowest BCUT2D eigenvalue weighted by Crippen LogP contribution is -2.41. The van der Waals surface area contributed by atoms with Crippen molar-refractivity contribution < 1.29 is 14.6 Å². The summed E-state index contributed by atoms with van der Waals surface area (Å²) in [6.07, 6.45) is 2.00. The number of rotatable bonds is 2. The van der Waals surface area contributed by atoms with Crippen LogP contribution in [0.2, 0.25) is 0 Å². The van der Waals surface area contributed by atoms with E-state index >= 15 is 0 Å². The molecule has 1 fully saturated rings. The molecule has 0 bridgehead atoms. The lowest BCUT2D eigenvalue weighted by molar-refractivity contribution is 0.0890. The quantitative estimate of drug-likeness (QED) is 0.828. The second-order valence-corrected chi connectivity index (χ2v) is 4.43. The van der Waals surface area contributed by atoms with Crippen molar-refractivity contribution >= 4 is 6.09 Å². The number of carbonyl (C=O) groups is 1. The molecule has 98 valence electrons. The second kappa shape index (κ2) is 5.12. The maximum Gasteiger partial charge on any atom is 0.407 e. The molecule has 0 spiro atoms. The second-order valence-electron chi connectivity index (χ2n) is 4.43. The Bertz CT molecular complexity index is 489. The molecule has 0 aromatic carbocycles. The fourth-order valence-electron chi connectivity index (χ4n) is 2.00. The third-order valence-corrected chi connectivity index (χ3v) is 3.09. The molecule has 1 aliphatic rings. The van der Waals surface area contributed by atoms with Crippen LogP contribution in [-0.2, 0) is 0 Å². The van der Waals surface area contributed by atoms with Crippen molar-refractivity contribution in [1.82, 2.24) is 9.88 Å². The Labute approximate surface area is 104 Å². The molecule has 1 aromatic heterocycles. The van der Waals surface area contributed by atoms with Crippen LogP contribution < -0.4 is 10.3 Å². The first-order chi connectivity index (χ1) is 8.56. The highest BCUT2D eigenvalue weighted by Gasteiger charge is 2.23. The molecule has 2 rings (SSSR count). The molecule has 1 amide bonds. The minimum Gasteiger partial charge on any atom is -0.490 e. The van der Waals surface area contributed by atoms with Crippen LogP contribution in [0, 0.1) is 6.92 Å².